The maximum Gasteiger partial charge on any atom is 0.311 e. The minimum Gasteiger partial charge on any atom is -0.469 e. The molecule has 0 saturated heterocycles. The van der Waals surface area contributed by atoms with Crippen molar-refractivity contribution in [3.63, 3.8) is 0 Å². The van der Waals surface area contributed by atoms with Crippen molar-refractivity contribution in [3.8, 4) is 0 Å². The summed E-state index contributed by atoms with van der Waals surface area (Å²) < 4.78 is 5.18. The van der Waals surface area contributed by atoms with Crippen LogP contribution in [0.2, 0.25) is 0 Å². The van der Waals surface area contributed by atoms with E-state index in [0.29, 0.717) is 5.92 Å². The van der Waals surface area contributed by atoms with Gasteiger partial charge >= 0.3 is 5.97 Å². The average molecular weight is 332 g/mol. The summed E-state index contributed by atoms with van der Waals surface area (Å²) in [6.45, 7) is 10.5. The van der Waals surface area contributed by atoms with Crippen molar-refractivity contribution >= 4 is 5.97 Å². The minimum atomic E-state index is -0.398. The van der Waals surface area contributed by atoms with E-state index in [1.54, 1.807) is 0 Å². The number of carbonyl (C=O) groups excluding carboxylic acids is 1. The summed E-state index contributed by atoms with van der Waals surface area (Å²) in [7, 11) is 1.51. The average Bonchev–Trinajstić information content (AvgIpc) is 2.55. The van der Waals surface area contributed by atoms with Crippen molar-refractivity contribution in [1.82, 2.24) is 0 Å². The molecule has 3 rings (SSSR count). The highest BCUT2D eigenvalue weighted by Gasteiger charge is 2.57. The van der Waals surface area contributed by atoms with Crippen LogP contribution < -0.4 is 0 Å². The summed E-state index contributed by atoms with van der Waals surface area (Å²) in [6, 6.07) is 0. The maximum atomic E-state index is 12.6. The molecule has 0 bridgehead atoms. The quantitative estimate of drug-likeness (QED) is 0.602. The van der Waals surface area contributed by atoms with Crippen LogP contribution in [0.5, 0.6) is 0 Å². The van der Waals surface area contributed by atoms with Gasteiger partial charge in [-0.15, -0.1) is 6.58 Å². The van der Waals surface area contributed by atoms with Gasteiger partial charge in [0.25, 0.3) is 0 Å². The second-order valence-corrected chi connectivity index (χ2v) is 8.96. The van der Waals surface area contributed by atoms with Gasteiger partial charge in [0, 0.05) is 5.41 Å². The summed E-state index contributed by atoms with van der Waals surface area (Å²) >= 11 is 0. The second kappa shape index (κ2) is 5.72. The SMILES string of the molecule is C=C[C@@]1(C)CC2=C(C[C@H]1O)[C@@]1(C)CCC[C@](C)(C(=O)OC)[C@@H]1CC2. The van der Waals surface area contributed by atoms with Crippen LogP contribution in [-0.2, 0) is 9.53 Å². The predicted octanol–water partition coefficient (Wildman–Crippen LogP) is 4.41. The molecular weight excluding hydrogens is 300 g/mol. The number of methoxy groups -OCH3 is 1. The summed E-state index contributed by atoms with van der Waals surface area (Å²) in [6.07, 6.45) is 8.33. The fourth-order valence-electron chi connectivity index (χ4n) is 6.01. The van der Waals surface area contributed by atoms with Crippen molar-refractivity contribution in [1.29, 1.82) is 0 Å². The Labute approximate surface area is 146 Å². The number of aliphatic hydroxyl groups is 1. The fourth-order valence-corrected chi connectivity index (χ4v) is 6.01. The van der Waals surface area contributed by atoms with E-state index in [1.807, 2.05) is 6.08 Å². The molecule has 1 fully saturated rings. The lowest BCUT2D eigenvalue weighted by Crippen LogP contribution is -2.52. The summed E-state index contributed by atoms with van der Waals surface area (Å²) in [5.74, 6) is 0.250. The lowest BCUT2D eigenvalue weighted by atomic mass is 9.47. The van der Waals surface area contributed by atoms with Crippen LogP contribution >= 0.6 is 0 Å². The lowest BCUT2D eigenvalue weighted by Gasteiger charge is -2.57. The zero-order chi connectivity index (χ0) is 17.8. The summed E-state index contributed by atoms with van der Waals surface area (Å²) in [5, 5.41) is 10.8. The zero-order valence-electron chi connectivity index (χ0n) is 15.7. The molecule has 0 amide bonds. The third-order valence-electron chi connectivity index (χ3n) is 7.65. The molecule has 1 saturated carbocycles. The first-order valence-corrected chi connectivity index (χ1v) is 9.33. The van der Waals surface area contributed by atoms with E-state index in [-0.39, 0.29) is 22.9 Å². The van der Waals surface area contributed by atoms with Crippen molar-refractivity contribution in [2.75, 3.05) is 7.11 Å². The van der Waals surface area contributed by atoms with Gasteiger partial charge in [-0.2, -0.15) is 0 Å². The number of aliphatic hydroxyl groups excluding tert-OH is 1. The van der Waals surface area contributed by atoms with E-state index < -0.39 is 5.41 Å². The molecule has 0 aromatic rings. The lowest BCUT2D eigenvalue weighted by molar-refractivity contribution is -0.163. The predicted molar refractivity (Wildman–Crippen MR) is 95.4 cm³/mol. The van der Waals surface area contributed by atoms with Crippen LogP contribution in [0.25, 0.3) is 0 Å². The molecule has 0 aromatic carbocycles. The normalized spacial score (nSPS) is 45.2. The molecule has 3 nitrogen and oxygen atoms in total. The van der Waals surface area contributed by atoms with Gasteiger partial charge in [-0.3, -0.25) is 4.79 Å². The van der Waals surface area contributed by atoms with Crippen molar-refractivity contribution in [2.24, 2.45) is 22.2 Å². The Bertz CT molecular complexity index is 592. The molecule has 24 heavy (non-hydrogen) atoms. The van der Waals surface area contributed by atoms with Gasteiger partial charge < -0.3 is 9.84 Å². The van der Waals surface area contributed by atoms with Crippen LogP contribution in [0.1, 0.15) is 65.7 Å². The van der Waals surface area contributed by atoms with E-state index in [4.69, 9.17) is 4.74 Å². The van der Waals surface area contributed by atoms with E-state index >= 15 is 0 Å². The molecular formula is C21H32O3. The van der Waals surface area contributed by atoms with E-state index in [0.717, 1.165) is 44.9 Å². The Balaban J connectivity index is 2.02. The molecule has 3 aliphatic rings. The molecule has 1 N–H and O–H groups in total. The highest BCUT2D eigenvalue weighted by molar-refractivity contribution is 5.77. The van der Waals surface area contributed by atoms with Crippen LogP contribution in [-0.4, -0.2) is 24.3 Å². The first kappa shape index (κ1) is 17.7. The van der Waals surface area contributed by atoms with Gasteiger partial charge in [-0.05, 0) is 56.8 Å². The van der Waals surface area contributed by atoms with Gasteiger partial charge in [0.2, 0.25) is 0 Å². The van der Waals surface area contributed by atoms with Crippen molar-refractivity contribution in [2.45, 2.75) is 71.8 Å². The number of fused-ring (bicyclic) bond motifs is 2. The van der Waals surface area contributed by atoms with Crippen LogP contribution in [0.15, 0.2) is 23.8 Å². The Kier molecular flexibility index (Phi) is 4.23. The zero-order valence-corrected chi connectivity index (χ0v) is 15.7. The minimum absolute atomic E-state index is 0.0122. The smallest absolute Gasteiger partial charge is 0.311 e. The molecule has 0 heterocycles. The monoisotopic (exact) mass is 332 g/mol. The Morgan fingerprint density at radius 2 is 2.04 bits per heavy atom. The van der Waals surface area contributed by atoms with Gasteiger partial charge in [0.15, 0.2) is 0 Å². The van der Waals surface area contributed by atoms with Crippen LogP contribution in [0, 0.1) is 22.2 Å². The van der Waals surface area contributed by atoms with E-state index in [1.165, 1.54) is 18.3 Å². The first-order chi connectivity index (χ1) is 11.2. The molecule has 134 valence electrons. The number of rotatable bonds is 2. The molecule has 0 spiro atoms. The molecule has 0 radical (unpaired) electrons. The van der Waals surface area contributed by atoms with Crippen LogP contribution in [0.3, 0.4) is 0 Å². The molecule has 5 atom stereocenters. The number of carbonyl (C=O) groups is 1. The second-order valence-electron chi connectivity index (χ2n) is 8.96. The summed E-state index contributed by atoms with van der Waals surface area (Å²) in [4.78, 5) is 12.6. The molecule has 3 aliphatic carbocycles. The number of ether oxygens (including phenoxy) is 1. The molecule has 3 heteroatoms. The number of hydrogen-bond donors (Lipinski definition) is 1. The third kappa shape index (κ3) is 2.31. The molecule has 0 unspecified atom stereocenters. The highest BCUT2D eigenvalue weighted by Crippen LogP contribution is 2.63. The molecule has 0 aromatic heterocycles. The number of hydrogen-bond acceptors (Lipinski definition) is 3. The first-order valence-electron chi connectivity index (χ1n) is 9.33. The van der Waals surface area contributed by atoms with E-state index in [9.17, 15) is 9.90 Å². The van der Waals surface area contributed by atoms with Crippen LogP contribution in [0.4, 0.5) is 0 Å². The largest absolute Gasteiger partial charge is 0.469 e. The topological polar surface area (TPSA) is 46.5 Å². The highest BCUT2D eigenvalue weighted by atomic mass is 16.5. The third-order valence-corrected chi connectivity index (χ3v) is 7.65. The Hall–Kier alpha value is -1.09. The Morgan fingerprint density at radius 3 is 2.67 bits per heavy atom. The van der Waals surface area contributed by atoms with Gasteiger partial charge in [-0.1, -0.05) is 37.5 Å². The summed E-state index contributed by atoms with van der Waals surface area (Å²) in [5.41, 5.74) is 2.33. The van der Waals surface area contributed by atoms with Gasteiger partial charge in [-0.25, -0.2) is 0 Å². The van der Waals surface area contributed by atoms with Gasteiger partial charge in [0.05, 0.1) is 18.6 Å². The van der Waals surface area contributed by atoms with Crippen molar-refractivity contribution in [3.05, 3.63) is 23.8 Å². The van der Waals surface area contributed by atoms with E-state index in [2.05, 4.69) is 27.4 Å². The fraction of sp³-hybridized carbons (Fsp3) is 0.762. The molecule has 0 aliphatic heterocycles. The number of esters is 1. The van der Waals surface area contributed by atoms with Gasteiger partial charge in [0.1, 0.15) is 0 Å². The Morgan fingerprint density at radius 1 is 1.33 bits per heavy atom. The standard InChI is InChI=1S/C21H32O3/c1-6-19(2)13-14-8-9-16-20(3,15(14)12-17(19)22)10-7-11-21(16,4)18(23)24-5/h6,16-17,22H,1,7-13H2,2-5H3/t16-,17-,19+,20-,21+/m1/s1. The van der Waals surface area contributed by atoms with Crippen molar-refractivity contribution < 1.29 is 14.6 Å². The number of allylic oxidation sites excluding steroid dienone is 1. The maximum absolute atomic E-state index is 12.6.